The number of aromatic nitrogens is 1. The van der Waals surface area contributed by atoms with Crippen molar-refractivity contribution in [2.45, 2.75) is 62.9 Å². The first-order valence-corrected chi connectivity index (χ1v) is 12.9. The number of carbonyl (C=O) groups is 1. The Bertz CT molecular complexity index is 1230. The summed E-state index contributed by atoms with van der Waals surface area (Å²) < 4.78 is 41.8. The van der Waals surface area contributed by atoms with Gasteiger partial charge in [-0.25, -0.2) is 17.5 Å². The maximum absolute atomic E-state index is 13.1. The molecule has 0 saturated heterocycles. The minimum Gasteiger partial charge on any atom is -0.358 e. The number of fused-ring (bicyclic) bond motifs is 1. The van der Waals surface area contributed by atoms with Crippen LogP contribution in [-0.2, 0) is 21.2 Å². The number of halogens is 1. The van der Waals surface area contributed by atoms with Crippen molar-refractivity contribution in [2.24, 2.45) is 5.92 Å². The molecule has 0 bridgehead atoms. The summed E-state index contributed by atoms with van der Waals surface area (Å²) >= 11 is 0. The highest BCUT2D eigenvalue weighted by Crippen LogP contribution is 2.27. The summed E-state index contributed by atoms with van der Waals surface area (Å²) in [5.74, 6) is -0.509. The lowest BCUT2D eigenvalue weighted by molar-refractivity contribution is -0.126. The highest BCUT2D eigenvalue weighted by atomic mass is 32.2. The van der Waals surface area contributed by atoms with Gasteiger partial charge in [0.2, 0.25) is 15.9 Å². The van der Waals surface area contributed by atoms with E-state index in [4.69, 9.17) is 0 Å². The third-order valence-corrected chi connectivity index (χ3v) is 8.01. The van der Waals surface area contributed by atoms with Gasteiger partial charge in [-0.3, -0.25) is 4.79 Å². The Morgan fingerprint density at radius 3 is 2.45 bits per heavy atom. The van der Waals surface area contributed by atoms with Crippen LogP contribution in [0.2, 0.25) is 0 Å². The lowest BCUT2D eigenvalue weighted by Crippen LogP contribution is -2.41. The van der Waals surface area contributed by atoms with Crippen molar-refractivity contribution in [3.8, 4) is 0 Å². The molecule has 1 aromatic heterocycles. The summed E-state index contributed by atoms with van der Waals surface area (Å²) in [6.07, 6.45) is 3.30. The molecule has 33 heavy (non-hydrogen) atoms. The van der Waals surface area contributed by atoms with Gasteiger partial charge in [0, 0.05) is 23.2 Å². The molecule has 3 N–H and O–H groups in total. The standard InChI is InChI=1S/C25H30FN3O3S/c1-3-21-14-19-8-13-23(15-24(19)28-21)33(31,32)29-22-11-6-18(7-12-22)25(30)27-16(2)17-4-9-20(26)10-5-17/h4-5,8-10,13-16,18,22,28-29H,3,6-7,11-12H2,1-2H3,(H,27,30)/t16-,18?,22?/m1/s1. The van der Waals surface area contributed by atoms with Crippen molar-refractivity contribution in [1.29, 1.82) is 0 Å². The smallest absolute Gasteiger partial charge is 0.240 e. The number of rotatable bonds is 7. The predicted molar refractivity (Wildman–Crippen MR) is 127 cm³/mol. The molecule has 1 amide bonds. The first-order valence-electron chi connectivity index (χ1n) is 11.4. The Morgan fingerprint density at radius 1 is 1.09 bits per heavy atom. The van der Waals surface area contributed by atoms with Gasteiger partial charge in [-0.2, -0.15) is 0 Å². The fourth-order valence-electron chi connectivity index (χ4n) is 4.45. The molecule has 4 rings (SSSR count). The summed E-state index contributed by atoms with van der Waals surface area (Å²) in [5.41, 5.74) is 2.72. The second kappa shape index (κ2) is 9.65. The molecular formula is C25H30FN3O3S. The number of carbonyl (C=O) groups excluding carboxylic acids is 1. The molecule has 1 aliphatic rings. The van der Waals surface area contributed by atoms with Gasteiger partial charge in [0.05, 0.1) is 10.9 Å². The third-order valence-electron chi connectivity index (χ3n) is 6.49. The van der Waals surface area contributed by atoms with E-state index >= 15 is 0 Å². The van der Waals surface area contributed by atoms with Crippen LogP contribution in [0.5, 0.6) is 0 Å². The molecule has 1 fully saturated rings. The zero-order chi connectivity index (χ0) is 23.6. The average molecular weight is 472 g/mol. The van der Waals surface area contributed by atoms with Gasteiger partial charge in [-0.1, -0.05) is 25.1 Å². The maximum atomic E-state index is 13.1. The van der Waals surface area contributed by atoms with Gasteiger partial charge in [0.25, 0.3) is 0 Å². The normalized spacial score (nSPS) is 20.0. The highest BCUT2D eigenvalue weighted by molar-refractivity contribution is 7.89. The number of hydrogen-bond acceptors (Lipinski definition) is 3. The van der Waals surface area contributed by atoms with Crippen LogP contribution in [0.3, 0.4) is 0 Å². The third kappa shape index (κ3) is 5.45. The topological polar surface area (TPSA) is 91.1 Å². The minimum atomic E-state index is -3.65. The Balaban J connectivity index is 1.32. The van der Waals surface area contributed by atoms with Gasteiger partial charge in [0.1, 0.15) is 5.82 Å². The Hall–Kier alpha value is -2.71. The van der Waals surface area contributed by atoms with E-state index in [0.29, 0.717) is 25.7 Å². The van der Waals surface area contributed by atoms with Gasteiger partial charge in [-0.05, 0) is 80.3 Å². The fraction of sp³-hybridized carbons (Fsp3) is 0.400. The summed E-state index contributed by atoms with van der Waals surface area (Å²) in [4.78, 5) is 16.2. The molecule has 1 atom stereocenters. The number of amides is 1. The van der Waals surface area contributed by atoms with E-state index in [-0.39, 0.29) is 34.6 Å². The fourth-order valence-corrected chi connectivity index (χ4v) is 5.78. The lowest BCUT2D eigenvalue weighted by Gasteiger charge is -2.29. The van der Waals surface area contributed by atoms with Crippen molar-refractivity contribution < 1.29 is 17.6 Å². The first kappa shape index (κ1) is 23.4. The van der Waals surface area contributed by atoms with E-state index in [1.165, 1.54) is 12.1 Å². The predicted octanol–water partition coefficient (Wildman–Crippen LogP) is 4.58. The summed E-state index contributed by atoms with van der Waals surface area (Å²) in [7, 11) is -3.65. The van der Waals surface area contributed by atoms with E-state index in [2.05, 4.69) is 15.0 Å². The highest BCUT2D eigenvalue weighted by Gasteiger charge is 2.30. The average Bonchev–Trinajstić information content (AvgIpc) is 3.22. The molecule has 0 aliphatic heterocycles. The van der Waals surface area contributed by atoms with E-state index in [9.17, 15) is 17.6 Å². The number of H-pyrrole nitrogens is 1. The van der Waals surface area contributed by atoms with Crippen molar-refractivity contribution in [3.05, 3.63) is 65.6 Å². The largest absolute Gasteiger partial charge is 0.358 e. The number of aromatic amines is 1. The minimum absolute atomic E-state index is 0.0444. The van der Waals surface area contributed by atoms with Crippen molar-refractivity contribution in [1.82, 2.24) is 15.0 Å². The number of benzene rings is 2. The molecule has 8 heteroatoms. The molecule has 0 spiro atoms. The van der Waals surface area contributed by atoms with Gasteiger partial charge >= 0.3 is 0 Å². The molecule has 2 aromatic carbocycles. The van der Waals surface area contributed by atoms with E-state index in [0.717, 1.165) is 28.6 Å². The van der Waals surface area contributed by atoms with Gasteiger partial charge in [-0.15, -0.1) is 0 Å². The Morgan fingerprint density at radius 2 is 1.79 bits per heavy atom. The lowest BCUT2D eigenvalue weighted by atomic mass is 9.85. The number of hydrogen-bond donors (Lipinski definition) is 3. The van der Waals surface area contributed by atoms with E-state index < -0.39 is 10.0 Å². The van der Waals surface area contributed by atoms with Crippen LogP contribution in [0, 0.1) is 11.7 Å². The molecule has 6 nitrogen and oxygen atoms in total. The van der Waals surface area contributed by atoms with Crippen LogP contribution in [0.25, 0.3) is 10.9 Å². The number of aryl methyl sites for hydroxylation is 1. The van der Waals surface area contributed by atoms with Crippen molar-refractivity contribution in [3.63, 3.8) is 0 Å². The van der Waals surface area contributed by atoms with Crippen LogP contribution in [0.4, 0.5) is 4.39 Å². The Kier molecular flexibility index (Phi) is 6.86. The van der Waals surface area contributed by atoms with Crippen molar-refractivity contribution in [2.75, 3.05) is 0 Å². The van der Waals surface area contributed by atoms with Crippen LogP contribution < -0.4 is 10.0 Å². The van der Waals surface area contributed by atoms with Crippen molar-refractivity contribution >= 4 is 26.8 Å². The molecule has 176 valence electrons. The SMILES string of the molecule is CCc1cc2ccc(S(=O)(=O)NC3CCC(C(=O)N[C@H](C)c4ccc(F)cc4)CC3)cc2[nH]1. The van der Waals surface area contributed by atoms with E-state index in [1.54, 1.807) is 24.3 Å². The van der Waals surface area contributed by atoms with E-state index in [1.807, 2.05) is 26.0 Å². The monoisotopic (exact) mass is 471 g/mol. The molecule has 1 aliphatic carbocycles. The summed E-state index contributed by atoms with van der Waals surface area (Å²) in [5, 5.41) is 3.99. The summed E-state index contributed by atoms with van der Waals surface area (Å²) in [6, 6.07) is 12.8. The second-order valence-corrected chi connectivity index (χ2v) is 10.6. The maximum Gasteiger partial charge on any atom is 0.240 e. The molecule has 1 saturated carbocycles. The first-order chi connectivity index (χ1) is 15.7. The second-order valence-electron chi connectivity index (χ2n) is 8.85. The zero-order valence-corrected chi connectivity index (χ0v) is 19.7. The molecule has 1 heterocycles. The molecule has 3 aromatic rings. The molecule has 0 unspecified atom stereocenters. The van der Waals surface area contributed by atoms with Crippen LogP contribution >= 0.6 is 0 Å². The number of sulfonamides is 1. The van der Waals surface area contributed by atoms with Gasteiger partial charge in [0.15, 0.2) is 0 Å². The quantitative estimate of drug-likeness (QED) is 0.471. The van der Waals surface area contributed by atoms with Crippen LogP contribution in [0.1, 0.15) is 56.8 Å². The van der Waals surface area contributed by atoms with Gasteiger partial charge < -0.3 is 10.3 Å². The zero-order valence-electron chi connectivity index (χ0n) is 18.9. The van der Waals surface area contributed by atoms with Crippen LogP contribution in [-0.4, -0.2) is 25.4 Å². The molecule has 0 radical (unpaired) electrons. The summed E-state index contributed by atoms with van der Waals surface area (Å²) in [6.45, 7) is 3.92. The Labute approximate surface area is 194 Å². The van der Waals surface area contributed by atoms with Crippen LogP contribution in [0.15, 0.2) is 53.4 Å². The number of nitrogens with one attached hydrogen (secondary N) is 3. The molecular weight excluding hydrogens is 441 g/mol.